The van der Waals surface area contributed by atoms with E-state index in [1.165, 1.54) is 0 Å². The molecule has 0 atom stereocenters. The number of aromatic nitrogens is 2. The molecule has 1 aromatic heterocycles. The normalized spacial score (nSPS) is 20.3. The molecule has 8 heteroatoms. The van der Waals surface area contributed by atoms with Crippen LogP contribution >= 0.6 is 0 Å². The third kappa shape index (κ3) is 3.81. The summed E-state index contributed by atoms with van der Waals surface area (Å²) in [6, 6.07) is 16.7. The molecule has 2 amide bonds. The fraction of sp³-hybridized carbons (Fsp3) is 0.414. The number of carbonyl (C=O) groups is 2. The first-order chi connectivity index (χ1) is 18.0. The molecule has 3 heterocycles. The van der Waals surface area contributed by atoms with Gasteiger partial charge in [-0.15, -0.1) is 0 Å². The average molecular weight is 493 g/mol. The van der Waals surface area contributed by atoms with Crippen molar-refractivity contribution < 1.29 is 9.59 Å². The molecule has 0 bridgehead atoms. The number of aliphatic imine (C=N–C) groups is 1. The van der Waals surface area contributed by atoms with Gasteiger partial charge < -0.3 is 4.90 Å². The summed E-state index contributed by atoms with van der Waals surface area (Å²) in [4.78, 5) is 34.3. The van der Waals surface area contributed by atoms with E-state index in [9.17, 15) is 9.59 Å². The van der Waals surface area contributed by atoms with Gasteiger partial charge in [0.15, 0.2) is 0 Å². The Morgan fingerprint density at radius 3 is 2.49 bits per heavy atom. The summed E-state index contributed by atoms with van der Waals surface area (Å²) >= 11 is 0. The van der Waals surface area contributed by atoms with Gasteiger partial charge in [0.05, 0.1) is 30.7 Å². The molecule has 2 aromatic carbocycles. The predicted molar refractivity (Wildman–Crippen MR) is 138 cm³/mol. The van der Waals surface area contributed by atoms with E-state index < -0.39 is 5.54 Å². The van der Waals surface area contributed by atoms with Crippen molar-refractivity contribution in [1.82, 2.24) is 19.6 Å². The number of likely N-dealkylation sites (tertiary alicyclic amines) is 1. The number of rotatable bonds is 7. The van der Waals surface area contributed by atoms with Gasteiger partial charge in [-0.25, -0.2) is 0 Å². The Kier molecular flexibility index (Phi) is 4.97. The standard InChI is InChI=1S/C29H28N6O2/c30-12-1-13-35-25-9-8-23(14-24(25)15-31-35)20-2-4-21(5-3-20)26-32-29(10-11-29)28(37)34(26)18-19-16-33(17-19)27(36)22-6-7-22/h2-5,8-9,14-15,19,22H,1,6-7,10-11,13,16-18H2. The van der Waals surface area contributed by atoms with Crippen molar-refractivity contribution in [3.05, 3.63) is 54.2 Å². The summed E-state index contributed by atoms with van der Waals surface area (Å²) in [5.74, 6) is 1.75. The van der Waals surface area contributed by atoms with Gasteiger partial charge in [0, 0.05) is 42.4 Å². The summed E-state index contributed by atoms with van der Waals surface area (Å²) in [5, 5.41) is 14.3. The van der Waals surface area contributed by atoms with Gasteiger partial charge in [-0.3, -0.25) is 24.2 Å². The van der Waals surface area contributed by atoms with Crippen molar-refractivity contribution in [2.75, 3.05) is 19.6 Å². The molecule has 7 rings (SSSR count). The Bertz CT molecular complexity index is 1480. The molecule has 0 N–H and O–H groups in total. The minimum atomic E-state index is -0.544. The van der Waals surface area contributed by atoms with Crippen LogP contribution in [0.3, 0.4) is 0 Å². The summed E-state index contributed by atoms with van der Waals surface area (Å²) in [6.07, 6.45) is 5.98. The van der Waals surface area contributed by atoms with Crippen LogP contribution in [0.4, 0.5) is 0 Å². The van der Waals surface area contributed by atoms with Gasteiger partial charge in [0.1, 0.15) is 11.4 Å². The van der Waals surface area contributed by atoms with Crippen LogP contribution in [0.2, 0.25) is 0 Å². The number of hydrogen-bond donors (Lipinski definition) is 0. The van der Waals surface area contributed by atoms with Crippen LogP contribution in [0, 0.1) is 23.2 Å². The van der Waals surface area contributed by atoms with E-state index in [0.717, 1.165) is 72.2 Å². The van der Waals surface area contributed by atoms with E-state index in [0.29, 0.717) is 31.3 Å². The number of amides is 2. The lowest BCUT2D eigenvalue weighted by Gasteiger charge is -2.41. The summed E-state index contributed by atoms with van der Waals surface area (Å²) in [7, 11) is 0. The van der Waals surface area contributed by atoms with E-state index in [1.54, 1.807) is 0 Å². The van der Waals surface area contributed by atoms with E-state index in [-0.39, 0.29) is 11.8 Å². The first kappa shape index (κ1) is 22.2. The molecule has 8 nitrogen and oxygen atoms in total. The fourth-order valence-electron chi connectivity index (χ4n) is 5.62. The fourth-order valence-corrected chi connectivity index (χ4v) is 5.62. The number of fused-ring (bicyclic) bond motifs is 1. The van der Waals surface area contributed by atoms with Crippen molar-refractivity contribution in [3.63, 3.8) is 0 Å². The van der Waals surface area contributed by atoms with Gasteiger partial charge in [-0.05, 0) is 48.9 Å². The molecule has 0 unspecified atom stereocenters. The lowest BCUT2D eigenvalue weighted by atomic mass is 9.97. The number of hydrogen-bond acceptors (Lipinski definition) is 5. The lowest BCUT2D eigenvalue weighted by Crippen LogP contribution is -2.55. The van der Waals surface area contributed by atoms with E-state index >= 15 is 0 Å². The molecule has 1 spiro atoms. The highest BCUT2D eigenvalue weighted by Crippen LogP contribution is 2.46. The van der Waals surface area contributed by atoms with Crippen molar-refractivity contribution in [1.29, 1.82) is 5.26 Å². The quantitative estimate of drug-likeness (QED) is 0.504. The Balaban J connectivity index is 1.09. The number of carbonyl (C=O) groups excluding carboxylic acids is 2. The Morgan fingerprint density at radius 1 is 1.05 bits per heavy atom. The van der Waals surface area contributed by atoms with Crippen LogP contribution in [-0.2, 0) is 16.1 Å². The number of nitriles is 1. The van der Waals surface area contributed by atoms with Crippen molar-refractivity contribution in [2.24, 2.45) is 16.8 Å². The summed E-state index contributed by atoms with van der Waals surface area (Å²) in [6.45, 7) is 2.70. The largest absolute Gasteiger partial charge is 0.342 e. The minimum Gasteiger partial charge on any atom is -0.342 e. The van der Waals surface area contributed by atoms with Crippen molar-refractivity contribution in [2.45, 2.75) is 44.2 Å². The predicted octanol–water partition coefficient (Wildman–Crippen LogP) is 3.61. The number of nitrogens with zero attached hydrogens (tertiary/aromatic N) is 6. The maximum Gasteiger partial charge on any atom is 0.256 e. The van der Waals surface area contributed by atoms with E-state index in [4.69, 9.17) is 10.3 Å². The van der Waals surface area contributed by atoms with Gasteiger partial charge >= 0.3 is 0 Å². The highest BCUT2D eigenvalue weighted by molar-refractivity contribution is 6.16. The van der Waals surface area contributed by atoms with Crippen molar-refractivity contribution in [3.8, 4) is 17.2 Å². The third-order valence-electron chi connectivity index (χ3n) is 8.13. The summed E-state index contributed by atoms with van der Waals surface area (Å²) < 4.78 is 1.87. The first-order valence-corrected chi connectivity index (χ1v) is 13.2. The van der Waals surface area contributed by atoms with E-state index in [1.807, 2.05) is 20.7 Å². The zero-order chi connectivity index (χ0) is 25.1. The SMILES string of the molecule is N#CCCn1ncc2cc(-c3ccc(C4=NC5(CC5)C(=O)N4CC4CN(C(=O)C5CC5)C4)cc3)ccc21. The van der Waals surface area contributed by atoms with Gasteiger partial charge in [-0.1, -0.05) is 30.3 Å². The van der Waals surface area contributed by atoms with Crippen LogP contribution in [0.25, 0.3) is 22.0 Å². The Morgan fingerprint density at radius 2 is 1.78 bits per heavy atom. The van der Waals surface area contributed by atoms with Gasteiger partial charge in [0.2, 0.25) is 5.91 Å². The minimum absolute atomic E-state index is 0.123. The average Bonchev–Trinajstić information content (AvgIpc) is 3.82. The molecule has 2 aliphatic heterocycles. The molecule has 3 aromatic rings. The maximum absolute atomic E-state index is 13.3. The molecule has 3 fully saturated rings. The third-order valence-corrected chi connectivity index (χ3v) is 8.13. The zero-order valence-corrected chi connectivity index (χ0v) is 20.6. The van der Waals surface area contributed by atoms with Crippen LogP contribution in [0.1, 0.15) is 37.7 Å². The lowest BCUT2D eigenvalue weighted by molar-refractivity contribution is -0.139. The Labute approximate surface area is 215 Å². The highest BCUT2D eigenvalue weighted by Gasteiger charge is 2.57. The second kappa shape index (κ2) is 8.27. The zero-order valence-electron chi connectivity index (χ0n) is 20.6. The van der Waals surface area contributed by atoms with Crippen LogP contribution in [0.5, 0.6) is 0 Å². The smallest absolute Gasteiger partial charge is 0.256 e. The molecular formula is C29H28N6O2. The molecule has 2 aliphatic carbocycles. The summed E-state index contributed by atoms with van der Waals surface area (Å²) in [5.41, 5.74) is 3.61. The molecule has 0 radical (unpaired) electrons. The van der Waals surface area contributed by atoms with Crippen LogP contribution in [-0.4, -0.2) is 62.4 Å². The second-order valence-corrected chi connectivity index (χ2v) is 10.9. The topological polar surface area (TPSA) is 94.6 Å². The molecule has 186 valence electrons. The van der Waals surface area contributed by atoms with Crippen LogP contribution in [0.15, 0.2) is 53.7 Å². The molecule has 4 aliphatic rings. The molecular weight excluding hydrogens is 464 g/mol. The number of amidine groups is 1. The molecule has 37 heavy (non-hydrogen) atoms. The van der Waals surface area contributed by atoms with Crippen LogP contribution < -0.4 is 0 Å². The molecule has 2 saturated carbocycles. The van der Waals surface area contributed by atoms with Gasteiger partial charge in [-0.2, -0.15) is 10.4 Å². The Hall–Kier alpha value is -3.99. The first-order valence-electron chi connectivity index (χ1n) is 13.2. The van der Waals surface area contributed by atoms with E-state index in [2.05, 4.69) is 53.6 Å². The number of aryl methyl sites for hydroxylation is 1. The van der Waals surface area contributed by atoms with Crippen molar-refractivity contribution >= 4 is 28.6 Å². The van der Waals surface area contributed by atoms with Gasteiger partial charge in [0.25, 0.3) is 5.91 Å². The highest BCUT2D eigenvalue weighted by atomic mass is 16.2. The maximum atomic E-state index is 13.3. The second-order valence-electron chi connectivity index (χ2n) is 10.9. The monoisotopic (exact) mass is 492 g/mol. The number of benzene rings is 2. The molecule has 1 saturated heterocycles.